The number of nitrogens with zero attached hydrogens (tertiary/aromatic N) is 2. The minimum atomic E-state index is -1.04. The van der Waals surface area contributed by atoms with Crippen LogP contribution in [0.1, 0.15) is 196 Å². The van der Waals surface area contributed by atoms with Gasteiger partial charge in [-0.1, -0.05) is 228 Å². The van der Waals surface area contributed by atoms with Crippen LogP contribution in [0.3, 0.4) is 0 Å². The number of epoxide rings is 3. The summed E-state index contributed by atoms with van der Waals surface area (Å²) < 4.78 is 31.6. The smallest absolute Gasteiger partial charge is 0.408 e. The van der Waals surface area contributed by atoms with Crippen LogP contribution < -0.4 is 32.1 Å². The number of carboxylic acids is 1. The quantitative estimate of drug-likeness (QED) is 0.0156. The van der Waals surface area contributed by atoms with E-state index in [1.807, 2.05) is 212 Å². The molecule has 132 heavy (non-hydrogen) atoms. The van der Waals surface area contributed by atoms with E-state index in [1.54, 1.807) is 20.8 Å². The third kappa shape index (κ3) is 43.6. The second kappa shape index (κ2) is 59.2. The molecule has 28 nitrogen and oxygen atoms in total. The van der Waals surface area contributed by atoms with Gasteiger partial charge in [-0.3, -0.25) is 62.5 Å². The van der Waals surface area contributed by atoms with Gasteiger partial charge in [0.15, 0.2) is 28.9 Å². The molecule has 29 heteroatoms. The molecule has 5 heterocycles. The van der Waals surface area contributed by atoms with Gasteiger partial charge in [-0.05, 0) is 149 Å². The number of Topliss-reactive ketones (excluding diaryl/α,β-unsaturated/α-hetero) is 7. The maximum absolute atomic E-state index is 14.2. The summed E-state index contributed by atoms with van der Waals surface area (Å²) >= 11 is 0. The Morgan fingerprint density at radius 2 is 0.712 bits per heavy atom. The number of alkyl carbamates (subject to hydrolysis) is 1. The second-order valence-corrected chi connectivity index (χ2v) is 37.6. The first-order chi connectivity index (χ1) is 61.8. The number of amides is 4. The average Bonchev–Trinajstić information content (AvgIpc) is 1.61. The Hall–Kier alpha value is -9.56. The third-order valence-electron chi connectivity index (χ3n) is 23.3. The number of hydrogen-bond donors (Lipinski definition) is 6. The zero-order chi connectivity index (χ0) is 95.5. The van der Waals surface area contributed by atoms with Crippen molar-refractivity contribution in [3.8, 4) is 0 Å². The van der Waals surface area contributed by atoms with Gasteiger partial charge in [0.25, 0.3) is 0 Å². The Morgan fingerprint density at radius 3 is 1.05 bits per heavy atom. The average molecular weight is 1850 g/mol. The summed E-state index contributed by atoms with van der Waals surface area (Å²) in [4.78, 5) is 169. The molecule has 5 saturated heterocycles. The molecule has 4 amide bonds. The molecule has 5 aliphatic rings. The highest BCUT2D eigenvalue weighted by Crippen LogP contribution is 2.33. The van der Waals surface area contributed by atoms with Crippen molar-refractivity contribution < 1.29 is 101 Å². The molecule has 0 spiro atoms. The highest BCUT2D eigenvalue weighted by molar-refractivity contribution is 7.59. The van der Waals surface area contributed by atoms with Gasteiger partial charge in [0.1, 0.15) is 35.0 Å². The molecule has 0 unspecified atom stereocenters. The van der Waals surface area contributed by atoms with Crippen molar-refractivity contribution in [3.63, 3.8) is 0 Å². The molecular weight excluding hydrogens is 1700 g/mol. The highest BCUT2D eigenvalue weighted by Gasteiger charge is 2.52. The lowest BCUT2D eigenvalue weighted by molar-refractivity contribution is -0.283. The molecule has 5 aromatic rings. The number of carboxylic acid groups (broad SMARTS) is 2. The predicted octanol–water partition coefficient (Wildman–Crippen LogP) is 11.2. The van der Waals surface area contributed by atoms with Gasteiger partial charge in [0.2, 0.25) is 17.7 Å². The number of rotatable bonds is 50. The van der Waals surface area contributed by atoms with Crippen molar-refractivity contribution in [2.24, 2.45) is 59.0 Å². The summed E-state index contributed by atoms with van der Waals surface area (Å²) in [7, 11) is 0. The van der Waals surface area contributed by atoms with Gasteiger partial charge in [-0.2, -0.15) is 13.5 Å². The summed E-state index contributed by atoms with van der Waals surface area (Å²) in [5.74, 6) is -4.61. The number of nitrogens with one attached hydrogen (secondary N) is 4. The number of nitrogens with two attached hydrogens (primary N) is 1. The van der Waals surface area contributed by atoms with E-state index in [9.17, 15) is 62.6 Å². The fourth-order valence-electron chi connectivity index (χ4n) is 15.6. The first kappa shape index (κ1) is 115. The normalized spacial score (nSPS) is 19.2. The van der Waals surface area contributed by atoms with E-state index in [4.69, 9.17) is 44.1 Å². The van der Waals surface area contributed by atoms with Crippen molar-refractivity contribution in [1.82, 2.24) is 31.1 Å². The van der Waals surface area contributed by atoms with Gasteiger partial charge in [-0.25, -0.2) is 4.79 Å². The highest BCUT2D eigenvalue weighted by atomic mass is 32.1. The van der Waals surface area contributed by atoms with Gasteiger partial charge >= 0.3 is 12.1 Å². The number of morpholine rings is 2. The lowest BCUT2D eigenvalue weighted by atomic mass is 9.87. The number of carbonyl (C=O) groups excluding carboxylic acids is 12. The van der Waals surface area contributed by atoms with Crippen LogP contribution in [0.2, 0.25) is 0 Å². The van der Waals surface area contributed by atoms with Crippen LogP contribution in [0.25, 0.3) is 0 Å². The minimum absolute atomic E-state index is 0. The molecule has 0 aliphatic carbocycles. The summed E-state index contributed by atoms with van der Waals surface area (Å²) in [6, 6.07) is 44.5. The Kier molecular flexibility index (Phi) is 51.5. The first-order valence-electron chi connectivity index (χ1n) is 46.1. The Morgan fingerprint density at radius 1 is 0.424 bits per heavy atom. The number of carbonyl (C=O) groups is 13. The maximum Gasteiger partial charge on any atom is 0.408 e. The predicted molar refractivity (Wildman–Crippen MR) is 510 cm³/mol. The molecule has 7 N–H and O–H groups in total. The molecule has 5 fully saturated rings. The van der Waals surface area contributed by atoms with E-state index in [0.717, 1.165) is 34.2 Å². The fraction of sp³-hybridized carbons (Fsp3) is 0.583. The van der Waals surface area contributed by atoms with E-state index in [1.165, 1.54) is 0 Å². The standard InChI is InChI=1S/C42H59N3O7.C33H44N2O6.C17H23NO4.C9H17NO2.CH2O2.CH4.H2S/c1-29(2)22-36(43-40(49)33(17-16-31-12-8-6-9-13-31)25-35(46)27-45-18-20-51-21-19-45)38(47)26-34(24-32-14-10-7-11-15-32)41(50)44-37(23-30(3)4)39(48)42(5)28-52-42;1-24(2)19-30(31(37)22-28(33(39)40)20-26-11-7-4-8-12-26)34-32(38)27(14-13-25-9-5-3-6-10-25)21-29(36)23-35-15-17-41-18-16-35;1-12(2)9-14(15(19)17(3)11-22-17)18-16(20)21-10-13-7-5-4-6-8-13;1-6(2)4-7(10)8(11)9(3)5-12-9;2-1-3;;/h6-15,29-30,33-34,36-37H,16-28H2,1-5H3,(H,43,49)(H,44,50);3-12,24,27-28,30H,13-23H2,1-2H3,(H,34,38)(H,39,40);4-8,12,14H,9-11H2,1-3H3,(H,18,20);6-7H,4-5,10H2,1-3H3;1H,(H,2,3);1H4;1H2/p-1/t33-,34-,36+,37+,42-;27-,28-,30+;14-,17+;7-,9+;;;/m1100.../s1. The molecule has 0 radical (unpaired) electrons. The van der Waals surface area contributed by atoms with Gasteiger partial charge in [0.05, 0.1) is 95.5 Å². The van der Waals surface area contributed by atoms with E-state index in [0.29, 0.717) is 136 Å². The van der Waals surface area contributed by atoms with Crippen molar-refractivity contribution >= 4 is 90.2 Å². The lowest BCUT2D eigenvalue weighted by Gasteiger charge is -2.28. The summed E-state index contributed by atoms with van der Waals surface area (Å²) in [5, 5.41) is 29.7. The zero-order valence-corrected chi connectivity index (χ0v) is 80.2. The van der Waals surface area contributed by atoms with Crippen LogP contribution >= 0.6 is 13.5 Å². The van der Waals surface area contributed by atoms with Crippen molar-refractivity contribution in [3.05, 3.63) is 179 Å². The van der Waals surface area contributed by atoms with Gasteiger partial charge in [-0.15, -0.1) is 0 Å². The number of hydrogen-bond acceptors (Lipinski definition) is 23. The monoisotopic (exact) mass is 1850 g/mol. The molecule has 0 aromatic heterocycles. The van der Waals surface area contributed by atoms with Gasteiger partial charge in [0, 0.05) is 76.1 Å². The van der Waals surface area contributed by atoms with E-state index < -0.39 is 83.2 Å². The largest absolute Gasteiger partial charge is 0.554 e. The maximum atomic E-state index is 14.2. The van der Waals surface area contributed by atoms with Crippen LogP contribution in [-0.2, 0) is 118 Å². The topological polar surface area (TPSA) is 411 Å². The van der Waals surface area contributed by atoms with Crippen LogP contribution in [0.5, 0.6) is 0 Å². The number of aryl methyl sites for hydroxylation is 2. The van der Waals surface area contributed by atoms with Gasteiger partial charge < -0.3 is 70.4 Å². The summed E-state index contributed by atoms with van der Waals surface area (Å²) in [6.45, 7) is 31.9. The Balaban J connectivity index is 0.000000401. The third-order valence-corrected chi connectivity index (χ3v) is 23.3. The van der Waals surface area contributed by atoms with Crippen LogP contribution in [0, 0.1) is 53.3 Å². The summed E-state index contributed by atoms with van der Waals surface area (Å²) in [5.41, 5.74) is 8.31. The second-order valence-electron chi connectivity index (χ2n) is 37.6. The Bertz CT molecular complexity index is 4330. The molecule has 5 aliphatic heterocycles. The fourth-order valence-corrected chi connectivity index (χ4v) is 15.6. The van der Waals surface area contributed by atoms with Crippen molar-refractivity contribution in [1.29, 1.82) is 0 Å². The molecule has 12 atom stereocenters. The van der Waals surface area contributed by atoms with E-state index in [-0.39, 0.29) is 161 Å². The zero-order valence-electron chi connectivity index (χ0n) is 79.2. The minimum Gasteiger partial charge on any atom is -0.554 e. The van der Waals surface area contributed by atoms with E-state index >= 15 is 0 Å². The Labute approximate surface area is 789 Å². The molecule has 730 valence electrons. The molecule has 0 saturated carbocycles. The summed E-state index contributed by atoms with van der Waals surface area (Å²) in [6.07, 6.45) is 4.57. The molecule has 10 rings (SSSR count). The number of ketones is 7. The van der Waals surface area contributed by atoms with Crippen LogP contribution in [0.4, 0.5) is 4.79 Å². The molecule has 5 aromatic carbocycles. The first-order valence-corrected chi connectivity index (χ1v) is 46.1. The lowest BCUT2D eigenvalue weighted by Crippen LogP contribution is -2.50. The number of ether oxygens (including phenoxy) is 6. The van der Waals surface area contributed by atoms with Crippen molar-refractivity contribution in [2.75, 3.05) is 85.5 Å². The van der Waals surface area contributed by atoms with Crippen LogP contribution in [0.15, 0.2) is 152 Å². The molecule has 0 bridgehead atoms. The SMILES string of the molecule is C.CC(C)C[C@H](N)C(=O)[C@@]1(C)CO1.CC(C)C[C@H](NC(=O)OCc1ccccc1)C(=O)[C@@]1(C)CO1.CC(C)C[C@H](NC(=O)[C@H](CCc1ccccc1)CC(=O)CN1CCOCC1)C(=O)C[C@@H](Cc1ccccc1)C(=O)N[C@@H](CC(C)C)C(=O)[C@@]1(C)CO1.CC(C)C[C@H](NC(=O)[C@H](CCc1ccccc1)CC(=O)CN1CCOCC1)C(=O)C[C@@H](Cc1ccccc1)C(=O)O.O=C[O-].S. The van der Waals surface area contributed by atoms with Crippen LogP contribution in [-0.4, -0.2) is 224 Å². The number of benzene rings is 5. The number of aliphatic carboxylic acids is 1. The molecular formula is C103H150N7O21S-. The van der Waals surface area contributed by atoms with Crippen molar-refractivity contribution in [2.45, 2.75) is 247 Å². The van der Waals surface area contributed by atoms with E-state index in [2.05, 4.69) is 40.0 Å².